The van der Waals surface area contributed by atoms with Crippen LogP contribution in [-0.2, 0) is 19.1 Å². The number of thiazole rings is 1. The summed E-state index contributed by atoms with van der Waals surface area (Å²) in [5, 5.41) is 0.391. The van der Waals surface area contributed by atoms with Gasteiger partial charge in [-0.2, -0.15) is 0 Å². The lowest BCUT2D eigenvalue weighted by molar-refractivity contribution is -0.145. The second-order valence-electron chi connectivity index (χ2n) is 9.41. The van der Waals surface area contributed by atoms with Gasteiger partial charge in [0.1, 0.15) is 17.5 Å². The minimum Gasteiger partial charge on any atom is -0.491 e. The number of rotatable bonds is 10. The number of esters is 2. The summed E-state index contributed by atoms with van der Waals surface area (Å²) in [6.07, 6.45) is 1.48. The van der Waals surface area contributed by atoms with Crippen molar-refractivity contribution in [2.45, 2.75) is 46.8 Å². The first-order valence-corrected chi connectivity index (χ1v) is 15.3. The van der Waals surface area contributed by atoms with E-state index in [9.17, 15) is 14.4 Å². The summed E-state index contributed by atoms with van der Waals surface area (Å²) in [5.41, 5.74) is 1.39. The number of para-hydroxylation sites is 1. The van der Waals surface area contributed by atoms with Crippen molar-refractivity contribution in [3.8, 4) is 11.5 Å². The SMILES string of the molecule is CCOC(=O)COc1c(Br)cc(Cl)cc1/C=c1\sc2n(c1=O)[C@@H](c1ccccc1OC(C)C)C(C(=O)OCC)=C(C)N=2. The van der Waals surface area contributed by atoms with Crippen molar-refractivity contribution in [1.29, 1.82) is 0 Å². The minimum atomic E-state index is -0.844. The number of halogens is 2. The monoisotopic (exact) mass is 676 g/mol. The van der Waals surface area contributed by atoms with E-state index in [1.807, 2.05) is 32.0 Å². The van der Waals surface area contributed by atoms with E-state index in [1.165, 1.54) is 4.57 Å². The molecule has 0 unspecified atom stereocenters. The third kappa shape index (κ3) is 6.79. The molecule has 0 aliphatic carbocycles. The predicted octanol–water partition coefficient (Wildman–Crippen LogP) is 4.94. The maximum absolute atomic E-state index is 14.1. The number of hydrogen-bond donors (Lipinski definition) is 0. The van der Waals surface area contributed by atoms with Gasteiger partial charge in [0.15, 0.2) is 11.4 Å². The third-order valence-corrected chi connectivity index (χ3v) is 7.85. The van der Waals surface area contributed by atoms with E-state index in [4.69, 9.17) is 30.5 Å². The second-order valence-corrected chi connectivity index (χ2v) is 11.7. The molecule has 2 aromatic carbocycles. The van der Waals surface area contributed by atoms with Gasteiger partial charge in [-0.05, 0) is 74.8 Å². The largest absolute Gasteiger partial charge is 0.491 e. The Hall–Kier alpha value is -3.41. The molecule has 1 aliphatic heterocycles. The molecule has 1 atom stereocenters. The number of aromatic nitrogens is 1. The highest BCUT2D eigenvalue weighted by Crippen LogP contribution is 2.37. The first kappa shape index (κ1) is 31.5. The summed E-state index contributed by atoms with van der Waals surface area (Å²) in [6.45, 7) is 9.01. The predicted molar refractivity (Wildman–Crippen MR) is 164 cm³/mol. The number of carbonyl (C=O) groups excluding carboxylic acids is 2. The zero-order valence-electron chi connectivity index (χ0n) is 23.7. The van der Waals surface area contributed by atoms with Gasteiger partial charge in [0.05, 0.1) is 39.6 Å². The molecule has 0 saturated heterocycles. The highest BCUT2D eigenvalue weighted by molar-refractivity contribution is 9.10. The van der Waals surface area contributed by atoms with E-state index in [0.717, 1.165) is 11.3 Å². The number of nitrogens with zero attached hydrogens (tertiary/aromatic N) is 2. The Labute approximate surface area is 260 Å². The summed E-state index contributed by atoms with van der Waals surface area (Å²) in [5.74, 6) is -0.245. The molecule has 0 N–H and O–H groups in total. The molecule has 222 valence electrons. The van der Waals surface area contributed by atoms with Crippen LogP contribution in [0.25, 0.3) is 6.08 Å². The quantitative estimate of drug-likeness (QED) is 0.280. The number of carbonyl (C=O) groups is 2. The van der Waals surface area contributed by atoms with Gasteiger partial charge in [0.25, 0.3) is 5.56 Å². The molecule has 9 nitrogen and oxygen atoms in total. The van der Waals surface area contributed by atoms with Gasteiger partial charge in [0.2, 0.25) is 0 Å². The van der Waals surface area contributed by atoms with Gasteiger partial charge in [0, 0.05) is 16.1 Å². The van der Waals surface area contributed by atoms with Crippen LogP contribution in [-0.4, -0.2) is 42.4 Å². The molecule has 0 fully saturated rings. The summed E-state index contributed by atoms with van der Waals surface area (Å²) >= 11 is 10.9. The van der Waals surface area contributed by atoms with Crippen LogP contribution in [0.2, 0.25) is 5.02 Å². The molecule has 4 rings (SSSR count). The number of hydrogen-bond acceptors (Lipinski definition) is 9. The lowest BCUT2D eigenvalue weighted by Gasteiger charge is -2.26. The molecule has 0 bridgehead atoms. The van der Waals surface area contributed by atoms with Crippen molar-refractivity contribution in [1.82, 2.24) is 4.57 Å². The number of benzene rings is 2. The third-order valence-electron chi connectivity index (χ3n) is 6.06. The maximum Gasteiger partial charge on any atom is 0.344 e. The van der Waals surface area contributed by atoms with Gasteiger partial charge < -0.3 is 18.9 Å². The van der Waals surface area contributed by atoms with Crippen LogP contribution in [0.5, 0.6) is 11.5 Å². The molecule has 2 heterocycles. The Balaban J connectivity index is 1.93. The average Bonchev–Trinajstić information content (AvgIpc) is 3.21. The Morgan fingerprint density at radius 1 is 1.17 bits per heavy atom. The van der Waals surface area contributed by atoms with E-state index in [1.54, 1.807) is 45.0 Å². The zero-order chi connectivity index (χ0) is 30.6. The van der Waals surface area contributed by atoms with Gasteiger partial charge in [-0.1, -0.05) is 41.1 Å². The second kappa shape index (κ2) is 13.7. The van der Waals surface area contributed by atoms with Gasteiger partial charge >= 0.3 is 11.9 Å². The van der Waals surface area contributed by atoms with Crippen molar-refractivity contribution in [3.05, 3.63) is 88.0 Å². The first-order chi connectivity index (χ1) is 20.0. The van der Waals surface area contributed by atoms with Crippen LogP contribution >= 0.6 is 38.9 Å². The van der Waals surface area contributed by atoms with Crippen molar-refractivity contribution in [2.75, 3.05) is 19.8 Å². The zero-order valence-corrected chi connectivity index (χ0v) is 26.9. The number of ether oxygens (including phenoxy) is 4. The van der Waals surface area contributed by atoms with E-state index in [0.29, 0.717) is 47.2 Å². The molecular weight excluding hydrogens is 648 g/mol. The van der Waals surface area contributed by atoms with Crippen LogP contribution in [0.1, 0.15) is 51.8 Å². The molecule has 0 amide bonds. The van der Waals surface area contributed by atoms with E-state index < -0.39 is 18.0 Å². The summed E-state index contributed by atoms with van der Waals surface area (Å²) in [4.78, 5) is 44.4. The van der Waals surface area contributed by atoms with Crippen LogP contribution < -0.4 is 24.4 Å². The lowest BCUT2D eigenvalue weighted by Crippen LogP contribution is -2.40. The molecule has 0 spiro atoms. The average molecular weight is 678 g/mol. The molecular formula is C30H30BrClN2O7S. The molecule has 0 radical (unpaired) electrons. The molecule has 0 saturated carbocycles. The Morgan fingerprint density at radius 2 is 1.88 bits per heavy atom. The standard InChI is InChI=1S/C30H30BrClN2O7S/c1-6-38-24(35)15-40-27-18(12-19(32)14-21(27)31)13-23-28(36)34-26(20-10-8-9-11-22(20)41-16(3)4)25(29(37)39-7-2)17(5)33-30(34)42-23/h8-14,16,26H,6-7,15H2,1-5H3/b23-13-/t26-/m0/s1. The van der Waals surface area contributed by atoms with Crippen LogP contribution in [0.4, 0.5) is 0 Å². The van der Waals surface area contributed by atoms with Crippen LogP contribution in [0, 0.1) is 0 Å². The normalized spacial score (nSPS) is 14.9. The van der Waals surface area contributed by atoms with E-state index >= 15 is 0 Å². The van der Waals surface area contributed by atoms with Crippen molar-refractivity contribution >= 4 is 56.9 Å². The fraction of sp³-hybridized carbons (Fsp3) is 0.333. The van der Waals surface area contributed by atoms with Crippen LogP contribution in [0.15, 0.2) is 61.9 Å². The van der Waals surface area contributed by atoms with Crippen molar-refractivity contribution in [3.63, 3.8) is 0 Å². The van der Waals surface area contributed by atoms with Gasteiger partial charge in [-0.25, -0.2) is 14.6 Å². The van der Waals surface area contributed by atoms with Crippen molar-refractivity contribution < 1.29 is 28.5 Å². The van der Waals surface area contributed by atoms with E-state index in [2.05, 4.69) is 20.9 Å². The number of allylic oxidation sites excluding steroid dienone is 1. The first-order valence-electron chi connectivity index (χ1n) is 13.3. The fourth-order valence-corrected chi connectivity index (χ4v) is 6.45. The molecule has 42 heavy (non-hydrogen) atoms. The topological polar surface area (TPSA) is 105 Å². The maximum atomic E-state index is 14.1. The Morgan fingerprint density at radius 3 is 2.57 bits per heavy atom. The van der Waals surface area contributed by atoms with Crippen LogP contribution in [0.3, 0.4) is 0 Å². The Bertz CT molecular complexity index is 1730. The summed E-state index contributed by atoms with van der Waals surface area (Å²) in [6, 6.07) is 9.70. The Kier molecular flexibility index (Phi) is 10.3. The van der Waals surface area contributed by atoms with E-state index in [-0.39, 0.29) is 37.1 Å². The van der Waals surface area contributed by atoms with Gasteiger partial charge in [-0.15, -0.1) is 0 Å². The lowest BCUT2D eigenvalue weighted by atomic mass is 9.95. The molecule has 12 heteroatoms. The van der Waals surface area contributed by atoms with Gasteiger partial charge in [-0.3, -0.25) is 9.36 Å². The van der Waals surface area contributed by atoms with Crippen molar-refractivity contribution in [2.24, 2.45) is 4.99 Å². The highest BCUT2D eigenvalue weighted by Gasteiger charge is 2.35. The smallest absolute Gasteiger partial charge is 0.344 e. The number of fused-ring (bicyclic) bond motifs is 1. The minimum absolute atomic E-state index is 0.146. The fourth-order valence-electron chi connectivity index (χ4n) is 4.47. The highest BCUT2D eigenvalue weighted by atomic mass is 79.9. The molecule has 1 aromatic heterocycles. The molecule has 3 aromatic rings. The summed E-state index contributed by atoms with van der Waals surface area (Å²) < 4.78 is 24.5. The molecule has 1 aliphatic rings. The summed E-state index contributed by atoms with van der Waals surface area (Å²) in [7, 11) is 0.